The van der Waals surface area contributed by atoms with Gasteiger partial charge in [0.1, 0.15) is 18.0 Å². The fourth-order valence-corrected chi connectivity index (χ4v) is 4.82. The van der Waals surface area contributed by atoms with Gasteiger partial charge in [0.15, 0.2) is 30.6 Å². The summed E-state index contributed by atoms with van der Waals surface area (Å²) < 4.78 is 27.2. The Morgan fingerprint density at radius 1 is 0.696 bits per heavy atom. The Balaban J connectivity index is 1.82. The lowest BCUT2D eigenvalue weighted by Crippen LogP contribution is -2.60. The van der Waals surface area contributed by atoms with Crippen LogP contribution in [0.1, 0.15) is 45.7 Å². The van der Waals surface area contributed by atoms with Gasteiger partial charge in [0.2, 0.25) is 0 Å². The summed E-state index contributed by atoms with van der Waals surface area (Å²) in [6.45, 7) is 4.92. The molecule has 1 unspecified atom stereocenters. The Hall–Kier alpha value is -5.60. The highest BCUT2D eigenvalue weighted by molar-refractivity contribution is 6.55. The van der Waals surface area contributed by atoms with Crippen LogP contribution in [0.5, 0.6) is 0 Å². The maximum Gasteiger partial charge on any atom is 0.303 e. The minimum atomic E-state index is -1.65. The molecule has 4 rings (SSSR count). The number of carbonyl (C=O) groups is 5. The van der Waals surface area contributed by atoms with E-state index >= 15 is 0 Å². The van der Waals surface area contributed by atoms with Gasteiger partial charge in [0, 0.05) is 45.7 Å². The molecule has 2 aliphatic heterocycles. The number of carbonyl (C=O) groups excluding carboxylic acids is 5. The predicted octanol–water partition coefficient (Wildman–Crippen LogP) is 1.69. The van der Waals surface area contributed by atoms with Gasteiger partial charge < -0.3 is 23.7 Å². The average Bonchev–Trinajstić information content (AvgIpc) is 3.42. The molecular weight excluding hydrogens is 602 g/mol. The smallest absolute Gasteiger partial charge is 0.303 e. The largest absolute Gasteiger partial charge is 0.462 e. The number of hydrazone groups is 2. The zero-order valence-electron chi connectivity index (χ0n) is 25.7. The molecule has 5 atom stereocenters. The van der Waals surface area contributed by atoms with Crippen LogP contribution in [0.4, 0.5) is 0 Å². The van der Waals surface area contributed by atoms with Gasteiger partial charge in [-0.25, -0.2) is 10.0 Å². The Morgan fingerprint density at radius 3 is 1.74 bits per heavy atom. The summed E-state index contributed by atoms with van der Waals surface area (Å²) in [5, 5.41) is 10.5. The third kappa shape index (κ3) is 8.31. The lowest BCUT2D eigenvalue weighted by molar-refractivity contribution is -0.207. The highest BCUT2D eigenvalue weighted by atomic mass is 16.6. The summed E-state index contributed by atoms with van der Waals surface area (Å²) in [6, 6.07) is 18.5. The number of esters is 5. The van der Waals surface area contributed by atoms with Crippen LogP contribution in [0, 0.1) is 0 Å². The topological polar surface area (TPSA) is 184 Å². The maximum absolute atomic E-state index is 12.5. The highest BCUT2D eigenvalue weighted by Gasteiger charge is 2.51. The van der Waals surface area contributed by atoms with Crippen molar-refractivity contribution in [3.63, 3.8) is 0 Å². The molecule has 0 spiro atoms. The first-order valence-corrected chi connectivity index (χ1v) is 14.2. The van der Waals surface area contributed by atoms with Crippen molar-refractivity contribution < 1.29 is 47.7 Å². The molecule has 0 saturated heterocycles. The van der Waals surface area contributed by atoms with E-state index in [1.165, 1.54) is 5.01 Å². The third-order valence-corrected chi connectivity index (χ3v) is 6.50. The van der Waals surface area contributed by atoms with Gasteiger partial charge in [0.05, 0.1) is 0 Å². The second-order valence-corrected chi connectivity index (χ2v) is 10.1. The average molecular weight is 636 g/mol. The van der Waals surface area contributed by atoms with E-state index in [1.807, 2.05) is 60.7 Å². The van der Waals surface area contributed by atoms with Crippen LogP contribution >= 0.6 is 0 Å². The van der Waals surface area contributed by atoms with Crippen molar-refractivity contribution in [2.75, 3.05) is 6.61 Å². The number of nitrogens with zero attached hydrogens (tertiary/aromatic N) is 4. The van der Waals surface area contributed by atoms with Crippen LogP contribution < -0.4 is 5.43 Å². The van der Waals surface area contributed by atoms with E-state index in [0.717, 1.165) is 40.2 Å². The molecule has 15 nitrogen and oxygen atoms in total. The lowest BCUT2D eigenvalue weighted by Gasteiger charge is -2.38. The van der Waals surface area contributed by atoms with Crippen molar-refractivity contribution in [2.45, 2.75) is 65.2 Å². The zero-order valence-corrected chi connectivity index (χ0v) is 25.7. The standard InChI is InChI=1S/C31H33N5O10/c1-17(37)42-16-24(43-18(2)38)27(44-19(3)39)28(45-20(4)40)29(46-21(5)41)30-33-34-31-32-25(22-12-8-6-9-13-22)26(35-36(30)31)23-14-10-7-11-15-23/h6-15,24,27-30,33H,16H2,1-5H3/t24-,27+,28-,29+,30?/m1/s1. The van der Waals surface area contributed by atoms with Gasteiger partial charge in [-0.05, 0) is 0 Å². The van der Waals surface area contributed by atoms with Crippen molar-refractivity contribution in [2.24, 2.45) is 15.2 Å². The third-order valence-electron chi connectivity index (χ3n) is 6.50. The van der Waals surface area contributed by atoms with E-state index < -0.39 is 67.0 Å². The fourth-order valence-electron chi connectivity index (χ4n) is 4.82. The van der Waals surface area contributed by atoms with Gasteiger partial charge in [-0.3, -0.25) is 29.4 Å². The highest BCUT2D eigenvalue weighted by Crippen LogP contribution is 2.28. The normalized spacial score (nSPS) is 17.7. The summed E-state index contributed by atoms with van der Waals surface area (Å²) in [4.78, 5) is 65.8. The first kappa shape index (κ1) is 33.3. The first-order chi connectivity index (χ1) is 21.9. The molecule has 2 aromatic carbocycles. The molecule has 1 N–H and O–H groups in total. The number of hydrogen-bond acceptors (Lipinski definition) is 15. The van der Waals surface area contributed by atoms with Crippen LogP contribution in [0.25, 0.3) is 0 Å². The van der Waals surface area contributed by atoms with Gasteiger partial charge in [0.25, 0.3) is 5.96 Å². The van der Waals surface area contributed by atoms with Crippen LogP contribution in [-0.2, 0) is 47.7 Å². The molecule has 2 aromatic rings. The number of hydrogen-bond donors (Lipinski definition) is 1. The van der Waals surface area contributed by atoms with Crippen LogP contribution in [0.15, 0.2) is 75.9 Å². The SMILES string of the molecule is CC(=O)OC[C@@H](OC(C)=O)[C@H](OC(C)=O)[C@@H](OC(C)=O)[C@H](OC(C)=O)C1NN=C2N=C(c3ccccc3)C(c3ccccc3)=NN21. The van der Waals surface area contributed by atoms with E-state index in [9.17, 15) is 24.0 Å². The number of ether oxygens (including phenoxy) is 5. The summed E-state index contributed by atoms with van der Waals surface area (Å²) in [5.74, 6) is -3.98. The quantitative estimate of drug-likeness (QED) is 0.263. The van der Waals surface area contributed by atoms with Crippen LogP contribution in [0.2, 0.25) is 0 Å². The molecule has 0 aliphatic carbocycles. The number of guanidine groups is 1. The van der Waals surface area contributed by atoms with Crippen molar-refractivity contribution in [1.29, 1.82) is 0 Å². The van der Waals surface area contributed by atoms with Crippen molar-refractivity contribution >= 4 is 47.2 Å². The Morgan fingerprint density at radius 2 is 1.22 bits per heavy atom. The predicted molar refractivity (Wildman–Crippen MR) is 161 cm³/mol. The van der Waals surface area contributed by atoms with E-state index in [1.54, 1.807) is 0 Å². The van der Waals surface area contributed by atoms with Gasteiger partial charge in [-0.15, -0.1) is 5.10 Å². The van der Waals surface area contributed by atoms with E-state index in [0.29, 0.717) is 17.0 Å². The molecule has 2 aliphatic rings. The van der Waals surface area contributed by atoms with Crippen LogP contribution in [0.3, 0.4) is 0 Å². The van der Waals surface area contributed by atoms with E-state index in [2.05, 4.69) is 10.5 Å². The minimum Gasteiger partial charge on any atom is -0.462 e. The van der Waals surface area contributed by atoms with Crippen molar-refractivity contribution in [3.8, 4) is 0 Å². The van der Waals surface area contributed by atoms with E-state index in [4.69, 9.17) is 33.8 Å². The second kappa shape index (κ2) is 14.9. The van der Waals surface area contributed by atoms with Gasteiger partial charge in [-0.1, -0.05) is 60.7 Å². The fraction of sp³-hybridized carbons (Fsp3) is 0.355. The van der Waals surface area contributed by atoms with Crippen molar-refractivity contribution in [3.05, 3.63) is 71.8 Å². The Labute approximate surface area is 264 Å². The summed E-state index contributed by atoms with van der Waals surface area (Å²) in [6.07, 6.45) is -7.47. The minimum absolute atomic E-state index is 0.0859. The molecule has 0 saturated carbocycles. The molecule has 0 aromatic heterocycles. The number of fused-ring (bicyclic) bond motifs is 1. The maximum atomic E-state index is 12.5. The van der Waals surface area contributed by atoms with Gasteiger partial charge >= 0.3 is 29.8 Å². The number of aliphatic imine (C=N–C) groups is 1. The molecular formula is C31H33N5O10. The Bertz CT molecular complexity index is 1560. The molecule has 0 radical (unpaired) electrons. The molecule has 46 heavy (non-hydrogen) atoms. The van der Waals surface area contributed by atoms with Crippen molar-refractivity contribution in [1.82, 2.24) is 10.4 Å². The lowest BCUT2D eigenvalue weighted by atomic mass is 9.98. The number of nitrogens with one attached hydrogen (secondary N) is 1. The molecule has 2 heterocycles. The van der Waals surface area contributed by atoms with E-state index in [-0.39, 0.29) is 5.96 Å². The molecule has 0 bridgehead atoms. The molecule has 0 amide bonds. The molecule has 15 heteroatoms. The number of benzene rings is 2. The first-order valence-electron chi connectivity index (χ1n) is 14.2. The zero-order chi connectivity index (χ0) is 33.4. The second-order valence-electron chi connectivity index (χ2n) is 10.1. The number of rotatable bonds is 12. The van der Waals surface area contributed by atoms with Gasteiger partial charge in [-0.2, -0.15) is 5.10 Å². The monoisotopic (exact) mass is 635 g/mol. The summed E-state index contributed by atoms with van der Waals surface area (Å²) in [7, 11) is 0. The Kier molecular flexibility index (Phi) is 10.8. The molecule has 242 valence electrons. The molecule has 0 fully saturated rings. The summed E-state index contributed by atoms with van der Waals surface area (Å²) >= 11 is 0. The van der Waals surface area contributed by atoms with Crippen LogP contribution in [-0.4, -0.2) is 89.4 Å². The summed E-state index contributed by atoms with van der Waals surface area (Å²) in [5.41, 5.74) is 5.28.